The number of ether oxygens (including phenoxy) is 2. The molecule has 8 nitrogen and oxygen atoms in total. The Kier molecular flexibility index (Phi) is 4.75. The Balaban J connectivity index is 1.71. The number of carbonyl (C=O) groups is 1. The average Bonchev–Trinajstić information content (AvgIpc) is 3.09. The van der Waals surface area contributed by atoms with Gasteiger partial charge in [0.05, 0.1) is 30.8 Å². The van der Waals surface area contributed by atoms with E-state index in [2.05, 4.69) is 10.1 Å². The maximum absolute atomic E-state index is 12.9. The summed E-state index contributed by atoms with van der Waals surface area (Å²) in [7, 11) is 2.94. The van der Waals surface area contributed by atoms with Crippen molar-refractivity contribution in [3.05, 3.63) is 69.9 Å². The molecular formula is C21H20N4O4. The van der Waals surface area contributed by atoms with E-state index < -0.39 is 5.97 Å². The van der Waals surface area contributed by atoms with Crippen molar-refractivity contribution in [1.82, 2.24) is 19.2 Å². The molecule has 0 radical (unpaired) electrons. The maximum Gasteiger partial charge on any atom is 0.343 e. The van der Waals surface area contributed by atoms with E-state index in [1.54, 1.807) is 24.8 Å². The van der Waals surface area contributed by atoms with Crippen LogP contribution in [0.5, 0.6) is 5.75 Å². The Bertz CT molecular complexity index is 1270. The van der Waals surface area contributed by atoms with Gasteiger partial charge in [-0.05, 0) is 37.1 Å². The van der Waals surface area contributed by atoms with Gasteiger partial charge in [0, 0.05) is 18.9 Å². The minimum absolute atomic E-state index is 0.154. The van der Waals surface area contributed by atoms with E-state index in [-0.39, 0.29) is 5.56 Å². The van der Waals surface area contributed by atoms with Crippen LogP contribution in [0.1, 0.15) is 21.6 Å². The summed E-state index contributed by atoms with van der Waals surface area (Å²) in [5.74, 6) is 0.296. The van der Waals surface area contributed by atoms with E-state index in [1.165, 1.54) is 17.8 Å². The number of aromatic nitrogens is 4. The van der Waals surface area contributed by atoms with Gasteiger partial charge in [0.15, 0.2) is 5.65 Å². The fraction of sp³-hybridized carbons (Fsp3) is 0.238. The Morgan fingerprint density at radius 2 is 1.90 bits per heavy atom. The lowest BCUT2D eigenvalue weighted by molar-refractivity contribution is 0.0602. The second-order valence-corrected chi connectivity index (χ2v) is 6.66. The first-order valence-electron chi connectivity index (χ1n) is 9.12. The van der Waals surface area contributed by atoms with Crippen LogP contribution in [0.25, 0.3) is 16.6 Å². The maximum atomic E-state index is 12.9. The highest BCUT2D eigenvalue weighted by Crippen LogP contribution is 2.19. The van der Waals surface area contributed by atoms with Crippen molar-refractivity contribution < 1.29 is 14.3 Å². The minimum atomic E-state index is -0.503. The van der Waals surface area contributed by atoms with Gasteiger partial charge in [-0.2, -0.15) is 5.10 Å². The molecule has 0 amide bonds. The van der Waals surface area contributed by atoms with Gasteiger partial charge in [0.25, 0.3) is 5.56 Å². The second kappa shape index (κ2) is 7.38. The minimum Gasteiger partial charge on any atom is -0.497 e. The molecule has 0 bridgehead atoms. The van der Waals surface area contributed by atoms with Gasteiger partial charge in [-0.15, -0.1) is 0 Å². The fourth-order valence-electron chi connectivity index (χ4n) is 3.38. The molecule has 0 fully saturated rings. The molecule has 0 N–H and O–H groups in total. The Morgan fingerprint density at radius 1 is 1.14 bits per heavy atom. The fourth-order valence-corrected chi connectivity index (χ4v) is 3.38. The number of esters is 1. The molecule has 29 heavy (non-hydrogen) atoms. The molecule has 3 aromatic heterocycles. The van der Waals surface area contributed by atoms with Crippen LogP contribution in [0.2, 0.25) is 0 Å². The summed E-state index contributed by atoms with van der Waals surface area (Å²) in [5, 5.41) is 4.82. The molecule has 0 aliphatic carbocycles. The Hall–Kier alpha value is -3.68. The number of carbonyl (C=O) groups excluding carboxylic acids is 1. The summed E-state index contributed by atoms with van der Waals surface area (Å²) in [6.07, 6.45) is 3.94. The zero-order chi connectivity index (χ0) is 20.5. The lowest BCUT2D eigenvalue weighted by atomic mass is 10.1. The smallest absolute Gasteiger partial charge is 0.343 e. The normalized spacial score (nSPS) is 11.1. The summed E-state index contributed by atoms with van der Waals surface area (Å²) in [5.41, 5.74) is 2.73. The Labute approximate surface area is 166 Å². The first kappa shape index (κ1) is 18.7. The summed E-state index contributed by atoms with van der Waals surface area (Å²) < 4.78 is 13.2. The molecule has 0 aliphatic rings. The van der Waals surface area contributed by atoms with Crippen molar-refractivity contribution in [2.24, 2.45) is 0 Å². The predicted molar refractivity (Wildman–Crippen MR) is 108 cm³/mol. The number of benzene rings is 1. The number of hydrogen-bond acceptors (Lipinski definition) is 6. The molecular weight excluding hydrogens is 372 g/mol. The SMILES string of the molecule is COC(=O)c1c(C)nn2c1ncc1c(=O)n(CCc3ccc(OC)cc3)ccc12. The van der Waals surface area contributed by atoms with Gasteiger partial charge in [0.2, 0.25) is 0 Å². The molecule has 0 spiro atoms. The van der Waals surface area contributed by atoms with E-state index in [1.807, 2.05) is 30.3 Å². The van der Waals surface area contributed by atoms with E-state index in [0.29, 0.717) is 40.8 Å². The van der Waals surface area contributed by atoms with Crippen LogP contribution < -0.4 is 10.3 Å². The lowest BCUT2D eigenvalue weighted by Gasteiger charge is -2.09. The summed E-state index contributed by atoms with van der Waals surface area (Å²) in [6, 6.07) is 9.58. The van der Waals surface area contributed by atoms with Gasteiger partial charge in [-0.25, -0.2) is 14.3 Å². The molecule has 4 rings (SSSR count). The monoisotopic (exact) mass is 392 g/mol. The molecule has 0 unspecified atom stereocenters. The van der Waals surface area contributed by atoms with Gasteiger partial charge in [-0.1, -0.05) is 12.1 Å². The molecule has 8 heteroatoms. The third kappa shape index (κ3) is 3.22. The van der Waals surface area contributed by atoms with Crippen LogP contribution in [0.15, 0.2) is 47.5 Å². The topological polar surface area (TPSA) is 87.7 Å². The van der Waals surface area contributed by atoms with Crippen LogP contribution in [-0.2, 0) is 17.7 Å². The highest BCUT2D eigenvalue weighted by molar-refractivity contribution is 5.98. The van der Waals surface area contributed by atoms with E-state index in [0.717, 1.165) is 11.3 Å². The third-order valence-electron chi connectivity index (χ3n) is 4.95. The number of pyridine rings is 1. The summed E-state index contributed by atoms with van der Waals surface area (Å²) in [4.78, 5) is 29.3. The molecule has 0 aliphatic heterocycles. The van der Waals surface area contributed by atoms with Gasteiger partial charge in [-0.3, -0.25) is 4.79 Å². The number of hydrogen-bond donors (Lipinski definition) is 0. The molecule has 0 saturated carbocycles. The number of aryl methyl sites for hydroxylation is 3. The van der Waals surface area contributed by atoms with E-state index >= 15 is 0 Å². The number of fused-ring (bicyclic) bond motifs is 3. The average molecular weight is 392 g/mol. The zero-order valence-electron chi connectivity index (χ0n) is 16.4. The van der Waals surface area contributed by atoms with Crippen molar-refractivity contribution in [2.45, 2.75) is 19.9 Å². The lowest BCUT2D eigenvalue weighted by Crippen LogP contribution is -2.21. The van der Waals surface area contributed by atoms with Crippen LogP contribution >= 0.6 is 0 Å². The number of rotatable bonds is 5. The summed E-state index contributed by atoms with van der Waals surface area (Å²) in [6.45, 7) is 2.24. The molecule has 148 valence electrons. The summed E-state index contributed by atoms with van der Waals surface area (Å²) >= 11 is 0. The molecule has 1 aromatic carbocycles. The molecule has 0 atom stereocenters. The molecule has 4 aromatic rings. The first-order valence-corrected chi connectivity index (χ1v) is 9.12. The Morgan fingerprint density at radius 3 is 2.59 bits per heavy atom. The van der Waals surface area contributed by atoms with Gasteiger partial charge in [0.1, 0.15) is 11.3 Å². The number of methoxy groups -OCH3 is 2. The van der Waals surface area contributed by atoms with Crippen LogP contribution in [0, 0.1) is 6.92 Å². The number of nitrogens with zero attached hydrogens (tertiary/aromatic N) is 4. The van der Waals surface area contributed by atoms with E-state index in [4.69, 9.17) is 9.47 Å². The van der Waals surface area contributed by atoms with Crippen molar-refractivity contribution in [1.29, 1.82) is 0 Å². The highest BCUT2D eigenvalue weighted by Gasteiger charge is 2.20. The largest absolute Gasteiger partial charge is 0.497 e. The zero-order valence-corrected chi connectivity index (χ0v) is 16.4. The highest BCUT2D eigenvalue weighted by atomic mass is 16.5. The van der Waals surface area contributed by atoms with Crippen molar-refractivity contribution >= 4 is 22.5 Å². The standard InChI is InChI=1S/C21H20N4O4/c1-13-18(21(27)29-3)19-22-12-16-17(25(19)23-13)9-11-24(20(16)26)10-8-14-4-6-15(28-2)7-5-14/h4-7,9,11-12H,8,10H2,1-3H3. The van der Waals surface area contributed by atoms with Crippen molar-refractivity contribution in [2.75, 3.05) is 14.2 Å². The first-order chi connectivity index (χ1) is 14.0. The van der Waals surface area contributed by atoms with Gasteiger partial charge < -0.3 is 14.0 Å². The van der Waals surface area contributed by atoms with Crippen molar-refractivity contribution in [3.8, 4) is 5.75 Å². The quantitative estimate of drug-likeness (QED) is 0.485. The molecule has 3 heterocycles. The third-order valence-corrected chi connectivity index (χ3v) is 4.95. The molecule has 0 saturated heterocycles. The van der Waals surface area contributed by atoms with E-state index in [9.17, 15) is 9.59 Å². The predicted octanol–water partition coefficient (Wildman–Crippen LogP) is 2.39. The van der Waals surface area contributed by atoms with Gasteiger partial charge >= 0.3 is 5.97 Å². The second-order valence-electron chi connectivity index (χ2n) is 6.66. The van der Waals surface area contributed by atoms with Crippen LogP contribution in [-0.4, -0.2) is 39.4 Å². The van der Waals surface area contributed by atoms with Crippen molar-refractivity contribution in [3.63, 3.8) is 0 Å². The van der Waals surface area contributed by atoms with Crippen LogP contribution in [0.4, 0.5) is 0 Å². The van der Waals surface area contributed by atoms with Crippen LogP contribution in [0.3, 0.4) is 0 Å².